The van der Waals surface area contributed by atoms with Crippen molar-refractivity contribution >= 4 is 71.1 Å². The fraction of sp³-hybridized carbons (Fsp3) is 0.636. The van der Waals surface area contributed by atoms with Crippen LogP contribution < -0.4 is 65.9 Å². The smallest absolute Gasteiger partial charge is 0.326 e. The Morgan fingerprint density at radius 3 is 1.73 bits per heavy atom. The summed E-state index contributed by atoms with van der Waals surface area (Å²) >= 11 is 0. The molecule has 27 nitrogen and oxygen atoms in total. The van der Waals surface area contributed by atoms with Gasteiger partial charge in [-0.1, -0.05) is 0 Å². The van der Waals surface area contributed by atoms with Gasteiger partial charge in [0, 0.05) is 19.6 Å². The number of aliphatic carboxylic acids is 2. The van der Waals surface area contributed by atoms with Crippen molar-refractivity contribution in [3.8, 4) is 0 Å². The zero-order valence-corrected chi connectivity index (χ0v) is 33.4. The maximum atomic E-state index is 13.1. The van der Waals surface area contributed by atoms with Crippen molar-refractivity contribution in [2.75, 3.05) is 39.3 Å². The molecule has 0 spiro atoms. The van der Waals surface area contributed by atoms with E-state index < -0.39 is 122 Å². The van der Waals surface area contributed by atoms with Gasteiger partial charge in [-0.25, -0.2) is 4.79 Å². The van der Waals surface area contributed by atoms with Crippen molar-refractivity contribution in [2.45, 2.75) is 95.0 Å². The normalized spacial score (nSPS) is 15.6. The Bertz CT molecular complexity index is 1630. The molecule has 0 bridgehead atoms. The van der Waals surface area contributed by atoms with Crippen LogP contribution in [0.1, 0.15) is 58.8 Å². The van der Waals surface area contributed by atoms with Crippen LogP contribution in [0.2, 0.25) is 0 Å². The SMILES string of the molecule is C[C@H](NC(=O)[C@H](C)NC(=O)[C@@H]1CCCN1C(=O)CNC(=O)[C@@H](N)CCCN=C(N)N)C(=O)NCC(=O)N[C@@H](CC(=O)O)C(=O)NCC(=O)N[C@@H](CCCN=C(N)N)C(=O)O. The van der Waals surface area contributed by atoms with Gasteiger partial charge in [0.15, 0.2) is 11.9 Å². The molecular weight excluding hydrogens is 798 g/mol. The summed E-state index contributed by atoms with van der Waals surface area (Å²) in [5, 5.41) is 34.5. The van der Waals surface area contributed by atoms with Gasteiger partial charge < -0.3 is 81.0 Å². The van der Waals surface area contributed by atoms with Gasteiger partial charge in [-0.05, 0) is 52.4 Å². The maximum absolute atomic E-state index is 13.1. The van der Waals surface area contributed by atoms with E-state index in [1.165, 1.54) is 18.7 Å². The van der Waals surface area contributed by atoms with Crippen molar-refractivity contribution in [1.29, 1.82) is 0 Å². The predicted molar refractivity (Wildman–Crippen MR) is 211 cm³/mol. The van der Waals surface area contributed by atoms with Crippen LogP contribution >= 0.6 is 0 Å². The average Bonchev–Trinajstić information content (AvgIpc) is 3.67. The second-order valence-corrected chi connectivity index (χ2v) is 13.5. The number of carboxylic acids is 2. The van der Waals surface area contributed by atoms with E-state index in [1.54, 1.807) is 0 Å². The first-order valence-electron chi connectivity index (χ1n) is 18.8. The number of nitrogens with two attached hydrogens (primary N) is 5. The van der Waals surface area contributed by atoms with Crippen LogP contribution in [-0.2, 0) is 47.9 Å². The third-order valence-electron chi connectivity index (χ3n) is 8.55. The topological polar surface area (TPSA) is 453 Å². The molecule has 1 aliphatic rings. The van der Waals surface area contributed by atoms with Gasteiger partial charge in [0.1, 0.15) is 30.2 Å². The molecule has 336 valence electrons. The molecule has 0 radical (unpaired) electrons. The van der Waals surface area contributed by atoms with E-state index >= 15 is 0 Å². The fourth-order valence-corrected chi connectivity index (χ4v) is 5.41. The van der Waals surface area contributed by atoms with Gasteiger partial charge in [-0.2, -0.15) is 0 Å². The Morgan fingerprint density at radius 1 is 0.667 bits per heavy atom. The summed E-state index contributed by atoms with van der Waals surface area (Å²) in [5.41, 5.74) is 26.8. The molecule has 19 N–H and O–H groups in total. The standard InChI is InChI=1S/C33H57N15O12/c1-16(44-27(55)17(2)45-30(58)21-8-5-11-48(21)24(51)15-43-28(56)18(34)6-3-9-39-32(35)36)26(54)41-13-23(50)47-20(12-25(52)53)29(57)42-14-22(49)46-19(31(59)60)7-4-10-40-33(37)38/h16-21H,3-15,34H2,1-2H3,(H,41,54)(H,42,57)(H,43,56)(H,44,55)(H,45,58)(H,46,49)(H,47,50)(H,52,53)(H,59,60)(H4,35,36,39)(H4,37,38,40)/t16-,17-,18-,19-,20-,21-/m0/s1. The molecule has 1 saturated heterocycles. The number of amides is 8. The number of rotatable bonds is 26. The van der Waals surface area contributed by atoms with Gasteiger partial charge in [0.25, 0.3) is 0 Å². The Balaban J connectivity index is 2.60. The fourth-order valence-electron chi connectivity index (χ4n) is 5.41. The van der Waals surface area contributed by atoms with Gasteiger partial charge in [-0.15, -0.1) is 0 Å². The number of carboxylic acid groups (broad SMARTS) is 2. The number of carbonyl (C=O) groups excluding carboxylic acids is 8. The van der Waals surface area contributed by atoms with E-state index in [2.05, 4.69) is 47.2 Å². The second-order valence-electron chi connectivity index (χ2n) is 13.5. The zero-order chi connectivity index (χ0) is 45.5. The molecule has 27 heteroatoms. The van der Waals surface area contributed by atoms with E-state index in [0.717, 1.165) is 0 Å². The van der Waals surface area contributed by atoms with E-state index in [4.69, 9.17) is 28.7 Å². The molecule has 1 heterocycles. The third kappa shape index (κ3) is 20.1. The summed E-state index contributed by atoms with van der Waals surface area (Å²) in [6, 6.07) is -7.36. The highest BCUT2D eigenvalue weighted by molar-refractivity contribution is 5.97. The molecule has 60 heavy (non-hydrogen) atoms. The first kappa shape index (κ1) is 51.2. The van der Waals surface area contributed by atoms with E-state index in [9.17, 15) is 58.2 Å². The Hall–Kier alpha value is -6.80. The molecule has 0 aromatic carbocycles. The summed E-state index contributed by atoms with van der Waals surface area (Å²) in [6.45, 7) is 1.24. The van der Waals surface area contributed by atoms with Crippen LogP contribution in [0.4, 0.5) is 0 Å². The lowest BCUT2D eigenvalue weighted by Crippen LogP contribution is -2.56. The molecule has 6 atom stereocenters. The number of carbonyl (C=O) groups is 10. The first-order valence-corrected chi connectivity index (χ1v) is 18.8. The number of hydrogen-bond donors (Lipinski definition) is 14. The number of guanidine groups is 2. The Labute approximate surface area is 344 Å². The average molecular weight is 856 g/mol. The summed E-state index contributed by atoms with van der Waals surface area (Å²) in [7, 11) is 0. The number of hydrogen-bond acceptors (Lipinski definition) is 13. The summed E-state index contributed by atoms with van der Waals surface area (Å²) in [5.74, 6) is -9.65. The minimum atomic E-state index is -1.71. The quantitative estimate of drug-likeness (QED) is 0.0218. The van der Waals surface area contributed by atoms with Crippen LogP contribution in [0.15, 0.2) is 9.98 Å². The van der Waals surface area contributed by atoms with Gasteiger partial charge in [0.2, 0.25) is 47.3 Å². The highest BCUT2D eigenvalue weighted by Gasteiger charge is 2.35. The van der Waals surface area contributed by atoms with Crippen molar-refractivity contribution in [3.63, 3.8) is 0 Å². The monoisotopic (exact) mass is 855 g/mol. The lowest BCUT2D eigenvalue weighted by atomic mass is 10.1. The summed E-state index contributed by atoms with van der Waals surface area (Å²) in [6.07, 6.45) is 0.674. The van der Waals surface area contributed by atoms with Crippen LogP contribution in [0, 0.1) is 0 Å². The Kier molecular flexibility index (Phi) is 22.4. The number of nitrogens with one attached hydrogen (secondary N) is 7. The number of likely N-dealkylation sites (tertiary alicyclic amines) is 1. The molecule has 1 rings (SSSR count). The molecule has 1 fully saturated rings. The molecule has 0 aromatic heterocycles. The summed E-state index contributed by atoms with van der Waals surface area (Å²) in [4.78, 5) is 133. The first-order chi connectivity index (χ1) is 28.1. The largest absolute Gasteiger partial charge is 0.481 e. The molecule has 0 saturated carbocycles. The highest BCUT2D eigenvalue weighted by Crippen LogP contribution is 2.17. The van der Waals surface area contributed by atoms with Crippen molar-refractivity contribution < 1.29 is 58.2 Å². The van der Waals surface area contributed by atoms with E-state index in [1.807, 2.05) is 0 Å². The molecule has 0 aromatic rings. The lowest BCUT2D eigenvalue weighted by molar-refractivity contribution is -0.142. The number of aliphatic imine (C=N–C) groups is 2. The van der Waals surface area contributed by atoms with Crippen molar-refractivity contribution in [1.82, 2.24) is 42.1 Å². The Morgan fingerprint density at radius 2 is 1.18 bits per heavy atom. The van der Waals surface area contributed by atoms with E-state index in [-0.39, 0.29) is 57.2 Å². The number of nitrogens with zero attached hydrogens (tertiary/aromatic N) is 3. The van der Waals surface area contributed by atoms with Crippen molar-refractivity contribution in [2.24, 2.45) is 38.7 Å². The third-order valence-corrected chi connectivity index (χ3v) is 8.55. The minimum absolute atomic E-state index is 0.0522. The lowest BCUT2D eigenvalue weighted by Gasteiger charge is -2.26. The molecule has 0 unspecified atom stereocenters. The predicted octanol–water partition coefficient (Wildman–Crippen LogP) is -7.70. The van der Waals surface area contributed by atoms with Crippen molar-refractivity contribution in [3.05, 3.63) is 0 Å². The second kappa shape index (κ2) is 26.3. The van der Waals surface area contributed by atoms with E-state index in [0.29, 0.717) is 12.8 Å². The van der Waals surface area contributed by atoms with Gasteiger partial charge in [0.05, 0.1) is 32.1 Å². The van der Waals surface area contributed by atoms with Crippen LogP contribution in [0.5, 0.6) is 0 Å². The maximum Gasteiger partial charge on any atom is 0.326 e. The van der Waals surface area contributed by atoms with Gasteiger partial charge >= 0.3 is 11.9 Å². The van der Waals surface area contributed by atoms with Crippen LogP contribution in [0.25, 0.3) is 0 Å². The van der Waals surface area contributed by atoms with Gasteiger partial charge in [-0.3, -0.25) is 53.1 Å². The van der Waals surface area contributed by atoms with Crippen LogP contribution in [-0.4, -0.2) is 162 Å². The highest BCUT2D eigenvalue weighted by atomic mass is 16.4. The minimum Gasteiger partial charge on any atom is -0.481 e. The van der Waals surface area contributed by atoms with Crippen LogP contribution in [0.3, 0.4) is 0 Å². The molecule has 0 aliphatic carbocycles. The molecular formula is C33H57N15O12. The zero-order valence-electron chi connectivity index (χ0n) is 33.4. The molecule has 8 amide bonds. The summed E-state index contributed by atoms with van der Waals surface area (Å²) < 4.78 is 0. The molecule has 1 aliphatic heterocycles.